The van der Waals surface area contributed by atoms with E-state index in [9.17, 15) is 18.0 Å². The van der Waals surface area contributed by atoms with Gasteiger partial charge in [0, 0.05) is 19.2 Å². The van der Waals surface area contributed by atoms with Crippen LogP contribution in [0.3, 0.4) is 0 Å². The van der Waals surface area contributed by atoms with E-state index in [1.54, 1.807) is 25.1 Å². The highest BCUT2D eigenvalue weighted by atomic mass is 32.2. The summed E-state index contributed by atoms with van der Waals surface area (Å²) in [6.45, 7) is 6.60. The Morgan fingerprint density at radius 2 is 1.78 bits per heavy atom. The van der Waals surface area contributed by atoms with Gasteiger partial charge >= 0.3 is 0 Å². The summed E-state index contributed by atoms with van der Waals surface area (Å²) < 4.78 is 37.7. The SMILES string of the molecule is CCCCNC(=O)[C@@H](C)N(Cc1ccccc1C)C(=O)CN(c1ccc2c(c1)OCCO2)S(C)(=O)=O. The van der Waals surface area contributed by atoms with Crippen LogP contribution in [0, 0.1) is 6.92 Å². The Bertz CT molecular complexity index is 1180. The van der Waals surface area contributed by atoms with Crippen molar-refractivity contribution in [1.82, 2.24) is 10.2 Å². The number of anilines is 1. The summed E-state index contributed by atoms with van der Waals surface area (Å²) in [5, 5.41) is 2.87. The smallest absolute Gasteiger partial charge is 0.244 e. The first kappa shape index (κ1) is 27.3. The van der Waals surface area contributed by atoms with Gasteiger partial charge in [-0.25, -0.2) is 8.42 Å². The molecule has 2 aromatic rings. The van der Waals surface area contributed by atoms with Gasteiger partial charge < -0.3 is 19.7 Å². The minimum absolute atomic E-state index is 0.173. The average molecular weight is 518 g/mol. The van der Waals surface area contributed by atoms with Gasteiger partial charge in [-0.05, 0) is 43.5 Å². The summed E-state index contributed by atoms with van der Waals surface area (Å²) in [6.07, 6.45) is 2.80. The Hall–Kier alpha value is -3.27. The van der Waals surface area contributed by atoms with Gasteiger partial charge in [0.2, 0.25) is 21.8 Å². The molecule has 0 spiro atoms. The number of sulfonamides is 1. The first-order chi connectivity index (χ1) is 17.1. The Kier molecular flexibility index (Phi) is 9.19. The molecule has 0 radical (unpaired) electrons. The van der Waals surface area contributed by atoms with Crippen LogP contribution < -0.4 is 19.1 Å². The molecule has 0 bridgehead atoms. The third-order valence-corrected chi connectivity index (χ3v) is 7.23. The van der Waals surface area contributed by atoms with Crippen molar-refractivity contribution in [3.05, 3.63) is 53.6 Å². The lowest BCUT2D eigenvalue weighted by atomic mass is 10.1. The highest BCUT2D eigenvalue weighted by Crippen LogP contribution is 2.34. The van der Waals surface area contributed by atoms with Crippen molar-refractivity contribution >= 4 is 27.5 Å². The number of nitrogens with zero attached hydrogens (tertiary/aromatic N) is 2. The highest BCUT2D eigenvalue weighted by molar-refractivity contribution is 7.92. The van der Waals surface area contributed by atoms with E-state index < -0.39 is 28.5 Å². The van der Waals surface area contributed by atoms with E-state index in [0.717, 1.165) is 34.5 Å². The molecule has 1 N–H and O–H groups in total. The summed E-state index contributed by atoms with van der Waals surface area (Å²) in [6, 6.07) is 11.6. The molecule has 36 heavy (non-hydrogen) atoms. The molecule has 10 heteroatoms. The Balaban J connectivity index is 1.90. The van der Waals surface area contributed by atoms with Crippen LogP contribution >= 0.6 is 0 Å². The molecule has 0 saturated carbocycles. The van der Waals surface area contributed by atoms with Crippen LogP contribution in [0.1, 0.15) is 37.8 Å². The molecule has 0 aliphatic carbocycles. The van der Waals surface area contributed by atoms with Gasteiger partial charge in [-0.2, -0.15) is 0 Å². The zero-order valence-corrected chi connectivity index (χ0v) is 22.1. The number of carbonyl (C=O) groups excluding carboxylic acids is 2. The fourth-order valence-electron chi connectivity index (χ4n) is 3.89. The molecule has 0 saturated heterocycles. The number of amides is 2. The number of rotatable bonds is 11. The average Bonchev–Trinajstić information content (AvgIpc) is 2.85. The van der Waals surface area contributed by atoms with Crippen LogP contribution in [0.25, 0.3) is 0 Å². The molecule has 1 aliphatic heterocycles. The van der Waals surface area contributed by atoms with Gasteiger partial charge in [0.15, 0.2) is 11.5 Å². The predicted molar refractivity (Wildman–Crippen MR) is 139 cm³/mol. The normalized spacial score (nSPS) is 13.6. The van der Waals surface area contributed by atoms with Crippen LogP contribution in [0.15, 0.2) is 42.5 Å². The summed E-state index contributed by atoms with van der Waals surface area (Å²) in [5.41, 5.74) is 2.14. The molecule has 0 aromatic heterocycles. The summed E-state index contributed by atoms with van der Waals surface area (Å²) in [5.74, 6) is 0.163. The highest BCUT2D eigenvalue weighted by Gasteiger charge is 2.30. The number of fused-ring (bicyclic) bond motifs is 1. The molecular weight excluding hydrogens is 482 g/mol. The minimum Gasteiger partial charge on any atom is -0.486 e. The van der Waals surface area contributed by atoms with Crippen molar-refractivity contribution in [2.45, 2.75) is 46.2 Å². The van der Waals surface area contributed by atoms with Gasteiger partial charge in [0.25, 0.3) is 0 Å². The quantitative estimate of drug-likeness (QED) is 0.460. The first-order valence-corrected chi connectivity index (χ1v) is 14.0. The van der Waals surface area contributed by atoms with E-state index in [1.807, 2.05) is 38.1 Å². The van der Waals surface area contributed by atoms with Gasteiger partial charge in [-0.1, -0.05) is 37.6 Å². The fourth-order valence-corrected chi connectivity index (χ4v) is 4.73. The van der Waals surface area contributed by atoms with E-state index >= 15 is 0 Å². The number of nitrogens with one attached hydrogen (secondary N) is 1. The van der Waals surface area contributed by atoms with Crippen LogP contribution in [0.2, 0.25) is 0 Å². The van der Waals surface area contributed by atoms with Crippen LogP contribution in [0.5, 0.6) is 11.5 Å². The van der Waals surface area contributed by atoms with E-state index in [0.29, 0.717) is 31.3 Å². The maximum atomic E-state index is 13.6. The van der Waals surface area contributed by atoms with E-state index in [2.05, 4.69) is 5.32 Å². The minimum atomic E-state index is -3.83. The van der Waals surface area contributed by atoms with Crippen molar-refractivity contribution in [3.63, 3.8) is 0 Å². The van der Waals surface area contributed by atoms with Crippen molar-refractivity contribution in [1.29, 1.82) is 0 Å². The molecule has 3 rings (SSSR count). The Morgan fingerprint density at radius 1 is 1.08 bits per heavy atom. The summed E-state index contributed by atoms with van der Waals surface area (Å²) in [7, 11) is -3.83. The lowest BCUT2D eigenvalue weighted by Gasteiger charge is -2.32. The molecule has 1 aliphatic rings. The molecule has 9 nitrogen and oxygen atoms in total. The molecule has 2 amide bonds. The topological polar surface area (TPSA) is 105 Å². The van der Waals surface area contributed by atoms with Gasteiger partial charge in [0.05, 0.1) is 11.9 Å². The summed E-state index contributed by atoms with van der Waals surface area (Å²) in [4.78, 5) is 28.0. The molecule has 196 valence electrons. The predicted octanol–water partition coefficient (Wildman–Crippen LogP) is 2.87. The van der Waals surface area contributed by atoms with Gasteiger partial charge in [-0.15, -0.1) is 0 Å². The molecule has 2 aromatic carbocycles. The van der Waals surface area contributed by atoms with Crippen molar-refractivity contribution in [3.8, 4) is 11.5 Å². The van der Waals surface area contributed by atoms with E-state index in [-0.39, 0.29) is 18.1 Å². The number of aryl methyl sites for hydroxylation is 1. The monoisotopic (exact) mass is 517 g/mol. The molecule has 0 fully saturated rings. The van der Waals surface area contributed by atoms with E-state index in [1.165, 1.54) is 4.90 Å². The standard InChI is InChI=1S/C26H35N3O6S/c1-5-6-13-27-26(31)20(3)28(17-21-10-8-7-9-19(21)2)25(30)18-29(36(4,32)33)22-11-12-23-24(16-22)35-15-14-34-23/h7-12,16,20H,5-6,13-15,17-18H2,1-4H3,(H,27,31)/t20-/m1/s1. The maximum absolute atomic E-state index is 13.6. The number of ether oxygens (including phenoxy) is 2. The Labute approximate surface area is 213 Å². The molecule has 1 atom stereocenters. The molecule has 0 unspecified atom stereocenters. The number of benzene rings is 2. The zero-order valence-electron chi connectivity index (χ0n) is 21.3. The van der Waals surface area contributed by atoms with Crippen LogP contribution in [-0.2, 0) is 26.2 Å². The number of unbranched alkanes of at least 4 members (excludes halogenated alkanes) is 1. The number of hydrogen-bond acceptors (Lipinski definition) is 6. The largest absolute Gasteiger partial charge is 0.486 e. The van der Waals surface area contributed by atoms with E-state index in [4.69, 9.17) is 9.47 Å². The third-order valence-electron chi connectivity index (χ3n) is 6.09. The first-order valence-electron chi connectivity index (χ1n) is 12.1. The zero-order chi connectivity index (χ0) is 26.3. The van der Waals surface area contributed by atoms with Crippen LogP contribution in [0.4, 0.5) is 5.69 Å². The van der Waals surface area contributed by atoms with Crippen LogP contribution in [-0.4, -0.2) is 63.7 Å². The van der Waals surface area contributed by atoms with Gasteiger partial charge in [0.1, 0.15) is 25.8 Å². The lowest BCUT2D eigenvalue weighted by Crippen LogP contribution is -2.51. The van der Waals surface area contributed by atoms with Crippen molar-refractivity contribution < 1.29 is 27.5 Å². The van der Waals surface area contributed by atoms with Crippen molar-refractivity contribution in [2.24, 2.45) is 0 Å². The second-order valence-electron chi connectivity index (χ2n) is 8.87. The second kappa shape index (κ2) is 12.1. The lowest BCUT2D eigenvalue weighted by molar-refractivity contribution is -0.139. The Morgan fingerprint density at radius 3 is 2.44 bits per heavy atom. The maximum Gasteiger partial charge on any atom is 0.244 e. The third kappa shape index (κ3) is 6.90. The summed E-state index contributed by atoms with van der Waals surface area (Å²) >= 11 is 0. The molecular formula is C26H35N3O6S. The molecule has 1 heterocycles. The number of carbonyl (C=O) groups is 2. The fraction of sp³-hybridized carbons (Fsp3) is 0.462. The number of hydrogen-bond donors (Lipinski definition) is 1. The second-order valence-corrected chi connectivity index (χ2v) is 10.8. The van der Waals surface area contributed by atoms with Gasteiger partial charge in [-0.3, -0.25) is 13.9 Å². The van der Waals surface area contributed by atoms with Crippen molar-refractivity contribution in [2.75, 3.05) is 36.9 Å².